The summed E-state index contributed by atoms with van der Waals surface area (Å²) in [4.78, 5) is 16.7. The maximum atomic E-state index is 12.3. The molecule has 0 saturated heterocycles. The fraction of sp³-hybridized carbons (Fsp3) is 0.273. The molecule has 0 aliphatic heterocycles. The van der Waals surface area contributed by atoms with Gasteiger partial charge in [-0.25, -0.2) is 4.98 Å². The molecule has 0 spiro atoms. The number of rotatable bonds is 8. The largest absolute Gasteiger partial charge is 0.390 e. The highest BCUT2D eigenvalue weighted by atomic mass is 32.2. The van der Waals surface area contributed by atoms with Crippen LogP contribution in [0.5, 0.6) is 0 Å². The van der Waals surface area contributed by atoms with Crippen molar-refractivity contribution in [1.82, 2.24) is 9.55 Å². The van der Waals surface area contributed by atoms with Crippen LogP contribution in [0.2, 0.25) is 0 Å². The van der Waals surface area contributed by atoms with Crippen molar-refractivity contribution < 1.29 is 9.90 Å². The van der Waals surface area contributed by atoms with Crippen LogP contribution in [-0.2, 0) is 24.4 Å². The van der Waals surface area contributed by atoms with Gasteiger partial charge in [0.1, 0.15) is 0 Å². The van der Waals surface area contributed by atoms with Crippen molar-refractivity contribution in [2.75, 3.05) is 11.1 Å². The summed E-state index contributed by atoms with van der Waals surface area (Å²) < 4.78 is 1.96. The summed E-state index contributed by atoms with van der Waals surface area (Å²) in [6, 6.07) is 16.1. The number of aliphatic hydroxyl groups is 1. The molecule has 0 unspecified atom stereocenters. The summed E-state index contributed by atoms with van der Waals surface area (Å²) in [6.45, 7) is 4.67. The number of aryl methyl sites for hydroxylation is 2. The molecule has 1 amide bonds. The first kappa shape index (κ1) is 20.2. The molecule has 6 heteroatoms. The van der Waals surface area contributed by atoms with Gasteiger partial charge in [0.05, 0.1) is 24.3 Å². The molecule has 0 saturated carbocycles. The van der Waals surface area contributed by atoms with E-state index in [2.05, 4.69) is 48.4 Å². The maximum Gasteiger partial charge on any atom is 0.234 e. The molecule has 1 aromatic heterocycles. The van der Waals surface area contributed by atoms with Crippen LogP contribution in [0, 0.1) is 6.92 Å². The van der Waals surface area contributed by atoms with Gasteiger partial charge in [0.2, 0.25) is 5.91 Å². The second-order valence-corrected chi connectivity index (χ2v) is 7.59. The van der Waals surface area contributed by atoms with Crippen molar-refractivity contribution in [3.05, 3.63) is 77.1 Å². The average Bonchev–Trinajstić information content (AvgIpc) is 3.10. The number of nitrogens with zero attached hydrogens (tertiary/aromatic N) is 2. The molecule has 0 fully saturated rings. The molecule has 0 radical (unpaired) electrons. The molecule has 0 aliphatic rings. The normalized spacial score (nSPS) is 10.8. The fourth-order valence-corrected chi connectivity index (χ4v) is 3.63. The third-order valence-corrected chi connectivity index (χ3v) is 5.49. The second kappa shape index (κ2) is 9.57. The van der Waals surface area contributed by atoms with Crippen molar-refractivity contribution >= 4 is 23.4 Å². The van der Waals surface area contributed by atoms with E-state index in [1.165, 1.54) is 22.9 Å². The van der Waals surface area contributed by atoms with Gasteiger partial charge in [-0.15, -0.1) is 0 Å². The predicted molar refractivity (Wildman–Crippen MR) is 114 cm³/mol. The number of hydrogen-bond acceptors (Lipinski definition) is 4. The van der Waals surface area contributed by atoms with Gasteiger partial charge in [0.15, 0.2) is 5.16 Å². The van der Waals surface area contributed by atoms with Gasteiger partial charge in [-0.3, -0.25) is 4.79 Å². The van der Waals surface area contributed by atoms with Crippen LogP contribution in [0.3, 0.4) is 0 Å². The van der Waals surface area contributed by atoms with Gasteiger partial charge < -0.3 is 15.0 Å². The Bertz CT molecular complexity index is 918. The van der Waals surface area contributed by atoms with Gasteiger partial charge in [-0.1, -0.05) is 60.6 Å². The standard InChI is InChI=1S/C22H25N3O2S/c1-3-17-8-10-19(11-9-17)24-21(27)15-28-22-23-12-20(14-26)25(22)13-18-6-4-16(2)5-7-18/h4-12,26H,3,13-15H2,1-2H3,(H,24,27). The van der Waals surface area contributed by atoms with Crippen LogP contribution in [-0.4, -0.2) is 26.3 Å². The SMILES string of the molecule is CCc1ccc(NC(=O)CSc2ncc(CO)n2Cc2ccc(C)cc2)cc1. The summed E-state index contributed by atoms with van der Waals surface area (Å²) >= 11 is 1.37. The molecule has 3 rings (SSSR count). The zero-order chi connectivity index (χ0) is 19.9. The first-order valence-corrected chi connectivity index (χ1v) is 10.3. The van der Waals surface area contributed by atoms with Crippen molar-refractivity contribution in [2.45, 2.75) is 38.6 Å². The van der Waals surface area contributed by atoms with E-state index in [1.807, 2.05) is 28.8 Å². The predicted octanol–water partition coefficient (Wildman–Crippen LogP) is 4.03. The highest BCUT2D eigenvalue weighted by molar-refractivity contribution is 7.99. The number of nitrogens with one attached hydrogen (secondary N) is 1. The minimum atomic E-state index is -0.0879. The number of thioether (sulfide) groups is 1. The summed E-state index contributed by atoms with van der Waals surface area (Å²) in [5.41, 5.74) is 5.10. The smallest absolute Gasteiger partial charge is 0.234 e. The molecule has 0 bridgehead atoms. The molecular formula is C22H25N3O2S. The van der Waals surface area contributed by atoms with Crippen LogP contribution in [0.1, 0.15) is 29.3 Å². The van der Waals surface area contributed by atoms with E-state index in [4.69, 9.17) is 0 Å². The van der Waals surface area contributed by atoms with Gasteiger partial charge in [-0.05, 0) is 36.6 Å². The molecule has 28 heavy (non-hydrogen) atoms. The lowest BCUT2D eigenvalue weighted by atomic mass is 10.1. The quantitative estimate of drug-likeness (QED) is 0.565. The van der Waals surface area contributed by atoms with Crippen LogP contribution < -0.4 is 5.32 Å². The summed E-state index contributed by atoms with van der Waals surface area (Å²) in [5, 5.41) is 13.3. The van der Waals surface area contributed by atoms with E-state index in [-0.39, 0.29) is 18.3 Å². The zero-order valence-electron chi connectivity index (χ0n) is 16.2. The number of amides is 1. The van der Waals surface area contributed by atoms with Crippen LogP contribution in [0.25, 0.3) is 0 Å². The monoisotopic (exact) mass is 395 g/mol. The molecule has 146 valence electrons. The third kappa shape index (κ3) is 5.24. The Balaban J connectivity index is 1.64. The van der Waals surface area contributed by atoms with E-state index in [9.17, 15) is 9.90 Å². The number of hydrogen-bond donors (Lipinski definition) is 2. The van der Waals surface area contributed by atoms with E-state index in [0.717, 1.165) is 28.5 Å². The molecule has 5 nitrogen and oxygen atoms in total. The fourth-order valence-electron chi connectivity index (χ4n) is 2.83. The molecule has 0 atom stereocenters. The lowest BCUT2D eigenvalue weighted by Crippen LogP contribution is -2.15. The number of carbonyl (C=O) groups is 1. The van der Waals surface area contributed by atoms with Crippen molar-refractivity contribution in [3.8, 4) is 0 Å². The molecule has 2 aromatic carbocycles. The van der Waals surface area contributed by atoms with Crippen LogP contribution >= 0.6 is 11.8 Å². The topological polar surface area (TPSA) is 67.2 Å². The zero-order valence-corrected chi connectivity index (χ0v) is 17.0. The second-order valence-electron chi connectivity index (χ2n) is 6.65. The van der Waals surface area contributed by atoms with E-state index >= 15 is 0 Å². The number of aliphatic hydroxyl groups excluding tert-OH is 1. The Hall–Kier alpha value is -2.57. The lowest BCUT2D eigenvalue weighted by molar-refractivity contribution is -0.113. The highest BCUT2D eigenvalue weighted by Gasteiger charge is 2.13. The van der Waals surface area contributed by atoms with E-state index in [1.54, 1.807) is 6.20 Å². The first-order valence-electron chi connectivity index (χ1n) is 9.31. The Morgan fingerprint density at radius 3 is 2.43 bits per heavy atom. The minimum absolute atomic E-state index is 0.0790. The molecule has 0 aliphatic carbocycles. The molecule has 3 aromatic rings. The number of carbonyl (C=O) groups excluding carboxylic acids is 1. The Morgan fingerprint density at radius 1 is 1.11 bits per heavy atom. The molecule has 2 N–H and O–H groups in total. The Morgan fingerprint density at radius 2 is 1.79 bits per heavy atom. The molecular weight excluding hydrogens is 370 g/mol. The van der Waals surface area contributed by atoms with Gasteiger partial charge >= 0.3 is 0 Å². The van der Waals surface area contributed by atoms with Crippen LogP contribution in [0.4, 0.5) is 5.69 Å². The highest BCUT2D eigenvalue weighted by Crippen LogP contribution is 2.21. The Labute approximate surface area is 169 Å². The summed E-state index contributed by atoms with van der Waals surface area (Å²) in [5.74, 6) is 0.176. The van der Waals surface area contributed by atoms with Crippen LogP contribution in [0.15, 0.2) is 59.9 Å². The summed E-state index contributed by atoms with van der Waals surface area (Å²) in [7, 11) is 0. The van der Waals surface area contributed by atoms with E-state index in [0.29, 0.717) is 6.54 Å². The number of benzene rings is 2. The summed E-state index contributed by atoms with van der Waals surface area (Å²) in [6.07, 6.45) is 2.64. The van der Waals surface area contributed by atoms with Gasteiger partial charge in [0.25, 0.3) is 0 Å². The first-order chi connectivity index (χ1) is 13.6. The third-order valence-electron chi connectivity index (χ3n) is 4.50. The number of aromatic nitrogens is 2. The molecule has 1 heterocycles. The number of anilines is 1. The number of imidazole rings is 1. The minimum Gasteiger partial charge on any atom is -0.390 e. The van der Waals surface area contributed by atoms with Crippen molar-refractivity contribution in [2.24, 2.45) is 0 Å². The maximum absolute atomic E-state index is 12.3. The van der Waals surface area contributed by atoms with Gasteiger partial charge in [0, 0.05) is 12.2 Å². The average molecular weight is 396 g/mol. The van der Waals surface area contributed by atoms with Crippen molar-refractivity contribution in [3.63, 3.8) is 0 Å². The van der Waals surface area contributed by atoms with Crippen molar-refractivity contribution in [1.29, 1.82) is 0 Å². The Kier molecular flexibility index (Phi) is 6.90. The lowest BCUT2D eigenvalue weighted by Gasteiger charge is -2.11. The van der Waals surface area contributed by atoms with E-state index < -0.39 is 0 Å². The van der Waals surface area contributed by atoms with Gasteiger partial charge in [-0.2, -0.15) is 0 Å².